The number of methoxy groups -OCH3 is 5. The Morgan fingerprint density at radius 2 is 1.43 bits per heavy atom. The topological polar surface area (TPSA) is 69.6 Å². The number of aliphatic hydroxyl groups excluding tert-OH is 1. The predicted octanol–water partition coefficient (Wildman–Crippen LogP) is 3.06. The first-order chi connectivity index (χ1) is 14.6. The van der Waals surface area contributed by atoms with Crippen molar-refractivity contribution < 1.29 is 28.8 Å². The second-order valence-electron chi connectivity index (χ2n) is 7.13. The molecule has 30 heavy (non-hydrogen) atoms. The van der Waals surface area contributed by atoms with Crippen LogP contribution < -0.4 is 23.7 Å². The number of hydrogen-bond donors (Lipinski definition) is 1. The summed E-state index contributed by atoms with van der Waals surface area (Å²) >= 11 is 0. The van der Waals surface area contributed by atoms with Crippen molar-refractivity contribution >= 4 is 0 Å². The van der Waals surface area contributed by atoms with E-state index < -0.39 is 0 Å². The molecular formula is C23H31NO6. The lowest BCUT2D eigenvalue weighted by atomic mass is 9.87. The van der Waals surface area contributed by atoms with Crippen LogP contribution in [0.3, 0.4) is 0 Å². The lowest BCUT2D eigenvalue weighted by Gasteiger charge is -2.38. The van der Waals surface area contributed by atoms with Crippen LogP contribution in [0.1, 0.15) is 29.2 Å². The number of ether oxygens (including phenoxy) is 5. The summed E-state index contributed by atoms with van der Waals surface area (Å²) in [7, 11) is 8.13. The smallest absolute Gasteiger partial charge is 0.203 e. The van der Waals surface area contributed by atoms with Crippen molar-refractivity contribution in [3.63, 3.8) is 0 Å². The van der Waals surface area contributed by atoms with Crippen molar-refractivity contribution in [2.75, 3.05) is 55.2 Å². The van der Waals surface area contributed by atoms with Crippen LogP contribution in [0.5, 0.6) is 28.7 Å². The minimum Gasteiger partial charge on any atom is -0.493 e. The summed E-state index contributed by atoms with van der Waals surface area (Å²) in [5.74, 6) is 3.21. The highest BCUT2D eigenvalue weighted by Gasteiger charge is 2.31. The van der Waals surface area contributed by atoms with E-state index in [4.69, 9.17) is 23.7 Å². The molecule has 0 saturated carbocycles. The van der Waals surface area contributed by atoms with E-state index in [1.54, 1.807) is 35.5 Å². The van der Waals surface area contributed by atoms with Gasteiger partial charge < -0.3 is 28.8 Å². The second kappa shape index (κ2) is 9.91. The third-order valence-corrected chi connectivity index (χ3v) is 5.58. The molecule has 0 saturated heterocycles. The molecule has 7 nitrogen and oxygen atoms in total. The predicted molar refractivity (Wildman–Crippen MR) is 114 cm³/mol. The molecule has 0 amide bonds. The van der Waals surface area contributed by atoms with Crippen LogP contribution in [0.25, 0.3) is 0 Å². The molecule has 0 radical (unpaired) electrons. The van der Waals surface area contributed by atoms with Crippen molar-refractivity contribution in [1.82, 2.24) is 4.90 Å². The Hall–Kier alpha value is -2.64. The van der Waals surface area contributed by atoms with Gasteiger partial charge in [0.05, 0.1) is 41.6 Å². The van der Waals surface area contributed by atoms with Gasteiger partial charge in [-0.3, -0.25) is 4.90 Å². The number of rotatable bonds is 9. The average Bonchev–Trinajstić information content (AvgIpc) is 2.80. The van der Waals surface area contributed by atoms with Gasteiger partial charge in [-0.15, -0.1) is 0 Å². The Morgan fingerprint density at radius 3 is 1.97 bits per heavy atom. The molecule has 164 valence electrons. The maximum atomic E-state index is 9.41. The van der Waals surface area contributed by atoms with Crippen LogP contribution in [0, 0.1) is 0 Å². The van der Waals surface area contributed by atoms with Crippen LogP contribution in [0.4, 0.5) is 0 Å². The Bertz CT molecular complexity index is 844. The highest BCUT2D eigenvalue weighted by atomic mass is 16.5. The van der Waals surface area contributed by atoms with Crippen molar-refractivity contribution in [3.05, 3.63) is 41.0 Å². The summed E-state index contributed by atoms with van der Waals surface area (Å²) in [4.78, 5) is 2.37. The molecule has 2 aromatic rings. The fourth-order valence-electron chi connectivity index (χ4n) is 4.16. The third-order valence-electron chi connectivity index (χ3n) is 5.58. The summed E-state index contributed by atoms with van der Waals surface area (Å²) in [5.41, 5.74) is 3.38. The van der Waals surface area contributed by atoms with Crippen molar-refractivity contribution in [1.29, 1.82) is 0 Å². The summed E-state index contributed by atoms with van der Waals surface area (Å²) in [6.07, 6.45) is 1.59. The third kappa shape index (κ3) is 4.13. The molecule has 0 fully saturated rings. The van der Waals surface area contributed by atoms with Gasteiger partial charge >= 0.3 is 0 Å². The monoisotopic (exact) mass is 417 g/mol. The summed E-state index contributed by atoms with van der Waals surface area (Å²) < 4.78 is 27.8. The van der Waals surface area contributed by atoms with Gasteiger partial charge in [-0.1, -0.05) is 0 Å². The largest absolute Gasteiger partial charge is 0.493 e. The molecule has 1 aliphatic rings. The Balaban J connectivity index is 2.18. The Morgan fingerprint density at radius 1 is 0.833 bits per heavy atom. The Kier molecular flexibility index (Phi) is 7.29. The molecule has 0 spiro atoms. The summed E-state index contributed by atoms with van der Waals surface area (Å²) in [6.45, 7) is 1.78. The summed E-state index contributed by atoms with van der Waals surface area (Å²) in [5, 5.41) is 9.41. The number of hydrogen-bond acceptors (Lipinski definition) is 7. The van der Waals surface area contributed by atoms with Crippen molar-refractivity contribution in [2.45, 2.75) is 18.9 Å². The molecule has 0 unspecified atom stereocenters. The van der Waals surface area contributed by atoms with E-state index in [0.29, 0.717) is 29.4 Å². The molecule has 0 aromatic heterocycles. The molecule has 1 aliphatic heterocycles. The number of fused-ring (bicyclic) bond motifs is 1. The van der Waals surface area contributed by atoms with E-state index in [1.165, 1.54) is 5.56 Å². The standard InChI is InChI=1S/C23H31NO6/c1-26-18-11-15-7-9-24(8-6-10-25)22(17(15)14-19(18)27-2)16-12-20(28-3)23(30-5)21(13-16)29-4/h11-14,22,25H,6-10H2,1-5H3/t22-/m0/s1. The minimum atomic E-state index is -0.0474. The maximum Gasteiger partial charge on any atom is 0.203 e. The fraction of sp³-hybridized carbons (Fsp3) is 0.478. The zero-order valence-electron chi connectivity index (χ0n) is 18.4. The van der Waals surface area contributed by atoms with Crippen LogP contribution in [-0.2, 0) is 6.42 Å². The van der Waals surface area contributed by atoms with Crippen LogP contribution in [-0.4, -0.2) is 65.3 Å². The highest BCUT2D eigenvalue weighted by molar-refractivity contribution is 5.57. The fourth-order valence-corrected chi connectivity index (χ4v) is 4.16. The number of aliphatic hydroxyl groups is 1. The van der Waals surface area contributed by atoms with E-state index in [9.17, 15) is 5.11 Å². The Labute approximate surface area is 178 Å². The normalized spacial score (nSPS) is 16.0. The molecule has 0 aliphatic carbocycles. The van der Waals surface area contributed by atoms with E-state index in [0.717, 1.165) is 36.4 Å². The maximum absolute atomic E-state index is 9.41. The average molecular weight is 418 g/mol. The molecule has 1 N–H and O–H groups in total. The molecule has 2 aromatic carbocycles. The van der Waals surface area contributed by atoms with E-state index in [2.05, 4.69) is 11.0 Å². The number of benzene rings is 2. The van der Waals surface area contributed by atoms with E-state index >= 15 is 0 Å². The molecule has 3 rings (SSSR count). The molecule has 1 heterocycles. The van der Waals surface area contributed by atoms with Gasteiger partial charge in [-0.05, 0) is 53.8 Å². The van der Waals surface area contributed by atoms with Gasteiger partial charge in [0.25, 0.3) is 0 Å². The van der Waals surface area contributed by atoms with E-state index in [-0.39, 0.29) is 12.6 Å². The zero-order valence-corrected chi connectivity index (χ0v) is 18.4. The van der Waals surface area contributed by atoms with Gasteiger partial charge in [0.2, 0.25) is 5.75 Å². The summed E-state index contributed by atoms with van der Waals surface area (Å²) in [6, 6.07) is 8.04. The molecule has 1 atom stereocenters. The quantitative estimate of drug-likeness (QED) is 0.672. The van der Waals surface area contributed by atoms with Crippen LogP contribution >= 0.6 is 0 Å². The first kappa shape index (κ1) is 22.1. The lowest BCUT2D eigenvalue weighted by Crippen LogP contribution is -2.37. The molecule has 7 heteroatoms. The number of nitrogens with zero attached hydrogens (tertiary/aromatic N) is 1. The van der Waals surface area contributed by atoms with Gasteiger partial charge in [0.15, 0.2) is 23.0 Å². The lowest BCUT2D eigenvalue weighted by molar-refractivity contribution is 0.184. The highest BCUT2D eigenvalue weighted by Crippen LogP contribution is 2.45. The zero-order chi connectivity index (χ0) is 21.7. The molecular weight excluding hydrogens is 386 g/mol. The molecule has 0 bridgehead atoms. The van der Waals surface area contributed by atoms with Crippen molar-refractivity contribution in [3.8, 4) is 28.7 Å². The first-order valence-electron chi connectivity index (χ1n) is 10.0. The first-order valence-corrected chi connectivity index (χ1v) is 10.0. The van der Waals surface area contributed by atoms with Gasteiger partial charge in [-0.2, -0.15) is 0 Å². The van der Waals surface area contributed by atoms with Gasteiger partial charge in [0.1, 0.15) is 0 Å². The van der Waals surface area contributed by atoms with Crippen LogP contribution in [0.2, 0.25) is 0 Å². The van der Waals surface area contributed by atoms with Crippen molar-refractivity contribution in [2.24, 2.45) is 0 Å². The van der Waals surface area contributed by atoms with Gasteiger partial charge in [-0.25, -0.2) is 0 Å². The van der Waals surface area contributed by atoms with Crippen LogP contribution in [0.15, 0.2) is 24.3 Å². The van der Waals surface area contributed by atoms with E-state index in [1.807, 2.05) is 18.2 Å². The second-order valence-corrected chi connectivity index (χ2v) is 7.13. The van der Waals surface area contributed by atoms with Gasteiger partial charge in [0, 0.05) is 19.7 Å². The SMILES string of the molecule is COc1cc2c(cc1OC)[C@H](c1cc(OC)c(OC)c(OC)c1)N(CCCO)CC2. The minimum absolute atomic E-state index is 0.0474.